The summed E-state index contributed by atoms with van der Waals surface area (Å²) in [6.07, 6.45) is 3.16. The van der Waals surface area contributed by atoms with Crippen LogP contribution in [0.3, 0.4) is 0 Å². The summed E-state index contributed by atoms with van der Waals surface area (Å²) < 4.78 is 0. The van der Waals surface area contributed by atoms with Crippen LogP contribution in [0, 0.1) is 20.8 Å². The summed E-state index contributed by atoms with van der Waals surface area (Å²) in [5, 5.41) is 3.39. The summed E-state index contributed by atoms with van der Waals surface area (Å²) >= 11 is 0. The van der Waals surface area contributed by atoms with Gasteiger partial charge in [-0.3, -0.25) is 4.79 Å². The number of carbonyl (C=O) groups is 1. The van der Waals surface area contributed by atoms with Gasteiger partial charge >= 0.3 is 0 Å². The van der Waals surface area contributed by atoms with Crippen molar-refractivity contribution < 1.29 is 4.79 Å². The summed E-state index contributed by atoms with van der Waals surface area (Å²) in [6.45, 7) is 6.95. The van der Waals surface area contributed by atoms with Gasteiger partial charge in [0.05, 0.1) is 0 Å². The lowest BCUT2D eigenvalue weighted by Gasteiger charge is -2.10. The molecule has 92 valence electrons. The topological polar surface area (TPSA) is 29.1 Å². The molecule has 1 saturated carbocycles. The van der Waals surface area contributed by atoms with Crippen LogP contribution < -0.4 is 5.32 Å². The number of ketones is 1. The molecule has 1 aliphatic carbocycles. The second kappa shape index (κ2) is 5.01. The Kier molecular flexibility index (Phi) is 3.63. The highest BCUT2D eigenvalue weighted by molar-refractivity contribution is 5.99. The standard InChI is InChI=1S/C15H21NO/c1-10-8-11(2)15(12(3)9-10)14(17)6-7-16-13-4-5-13/h8-9,13,16H,4-7H2,1-3H3. The van der Waals surface area contributed by atoms with Gasteiger partial charge in [0.2, 0.25) is 0 Å². The van der Waals surface area contributed by atoms with Crippen molar-refractivity contribution in [2.75, 3.05) is 6.54 Å². The van der Waals surface area contributed by atoms with E-state index in [9.17, 15) is 4.79 Å². The molecule has 1 aromatic carbocycles. The minimum absolute atomic E-state index is 0.271. The molecule has 2 rings (SSSR count). The van der Waals surface area contributed by atoms with E-state index >= 15 is 0 Å². The minimum Gasteiger partial charge on any atom is -0.314 e. The van der Waals surface area contributed by atoms with E-state index in [4.69, 9.17) is 0 Å². The molecule has 2 nitrogen and oxygen atoms in total. The Balaban J connectivity index is 2.01. The van der Waals surface area contributed by atoms with Gasteiger partial charge in [-0.2, -0.15) is 0 Å². The zero-order valence-corrected chi connectivity index (χ0v) is 11.0. The Bertz CT molecular complexity index is 410. The molecule has 1 aromatic rings. The van der Waals surface area contributed by atoms with Crippen molar-refractivity contribution >= 4 is 5.78 Å². The predicted molar refractivity (Wildman–Crippen MR) is 70.6 cm³/mol. The van der Waals surface area contributed by atoms with Crippen molar-refractivity contribution in [2.24, 2.45) is 0 Å². The molecule has 0 saturated heterocycles. The first-order valence-corrected chi connectivity index (χ1v) is 6.42. The quantitative estimate of drug-likeness (QED) is 0.789. The summed E-state index contributed by atoms with van der Waals surface area (Å²) in [5.74, 6) is 0.271. The third-order valence-electron chi connectivity index (χ3n) is 3.32. The normalized spacial score (nSPS) is 15.0. The van der Waals surface area contributed by atoms with E-state index in [1.165, 1.54) is 18.4 Å². The lowest BCUT2D eigenvalue weighted by molar-refractivity contribution is 0.0981. The van der Waals surface area contributed by atoms with E-state index in [1.807, 2.05) is 13.8 Å². The van der Waals surface area contributed by atoms with Gasteiger partial charge in [-0.05, 0) is 44.7 Å². The molecule has 0 radical (unpaired) electrons. The highest BCUT2D eigenvalue weighted by Crippen LogP contribution is 2.20. The predicted octanol–water partition coefficient (Wildman–Crippen LogP) is 2.94. The highest BCUT2D eigenvalue weighted by atomic mass is 16.1. The molecule has 0 amide bonds. The van der Waals surface area contributed by atoms with Gasteiger partial charge in [0.1, 0.15) is 0 Å². The van der Waals surface area contributed by atoms with Gasteiger partial charge in [-0.1, -0.05) is 17.7 Å². The molecule has 1 aliphatic rings. The van der Waals surface area contributed by atoms with E-state index in [-0.39, 0.29) is 5.78 Å². The van der Waals surface area contributed by atoms with Crippen LogP contribution in [0.5, 0.6) is 0 Å². The lowest BCUT2D eigenvalue weighted by Crippen LogP contribution is -2.21. The maximum Gasteiger partial charge on any atom is 0.164 e. The largest absolute Gasteiger partial charge is 0.314 e. The first kappa shape index (κ1) is 12.3. The van der Waals surface area contributed by atoms with Gasteiger partial charge in [-0.25, -0.2) is 0 Å². The van der Waals surface area contributed by atoms with Crippen LogP contribution in [-0.2, 0) is 0 Å². The number of hydrogen-bond acceptors (Lipinski definition) is 2. The van der Waals surface area contributed by atoms with Crippen LogP contribution >= 0.6 is 0 Å². The van der Waals surface area contributed by atoms with Gasteiger partial charge in [0.15, 0.2) is 5.78 Å². The molecular formula is C15H21NO. The first-order valence-electron chi connectivity index (χ1n) is 6.42. The number of nitrogens with one attached hydrogen (secondary N) is 1. The molecule has 1 N–H and O–H groups in total. The zero-order valence-electron chi connectivity index (χ0n) is 11.0. The van der Waals surface area contributed by atoms with Gasteiger partial charge in [-0.15, -0.1) is 0 Å². The number of aryl methyl sites for hydroxylation is 3. The van der Waals surface area contributed by atoms with E-state index in [0.717, 1.165) is 23.2 Å². The Hall–Kier alpha value is -1.15. The number of rotatable bonds is 5. The molecular weight excluding hydrogens is 210 g/mol. The Morgan fingerprint density at radius 3 is 2.35 bits per heavy atom. The van der Waals surface area contributed by atoms with Crippen LogP contribution in [0.4, 0.5) is 0 Å². The fourth-order valence-corrected chi connectivity index (χ4v) is 2.42. The Labute approximate surface area is 103 Å². The molecule has 0 atom stereocenters. The molecule has 2 heteroatoms. The van der Waals surface area contributed by atoms with E-state index in [2.05, 4.69) is 24.4 Å². The summed E-state index contributed by atoms with van der Waals surface area (Å²) in [4.78, 5) is 12.2. The smallest absolute Gasteiger partial charge is 0.164 e. The molecule has 0 aromatic heterocycles. The maximum absolute atomic E-state index is 12.2. The molecule has 0 heterocycles. The number of hydrogen-bond donors (Lipinski definition) is 1. The Morgan fingerprint density at radius 2 is 1.82 bits per heavy atom. The third kappa shape index (κ3) is 3.16. The van der Waals surface area contributed by atoms with Crippen molar-refractivity contribution in [3.63, 3.8) is 0 Å². The van der Waals surface area contributed by atoms with Crippen LogP contribution in [0.2, 0.25) is 0 Å². The second-order valence-corrected chi connectivity index (χ2v) is 5.18. The van der Waals surface area contributed by atoms with E-state index in [1.54, 1.807) is 0 Å². The van der Waals surface area contributed by atoms with Crippen LogP contribution in [0.25, 0.3) is 0 Å². The average molecular weight is 231 g/mol. The van der Waals surface area contributed by atoms with Crippen molar-refractivity contribution in [2.45, 2.75) is 46.1 Å². The highest BCUT2D eigenvalue weighted by Gasteiger charge is 2.20. The Morgan fingerprint density at radius 1 is 1.24 bits per heavy atom. The average Bonchev–Trinajstić information content (AvgIpc) is 2.99. The second-order valence-electron chi connectivity index (χ2n) is 5.18. The van der Waals surface area contributed by atoms with Gasteiger partial charge in [0, 0.05) is 24.6 Å². The van der Waals surface area contributed by atoms with Crippen LogP contribution in [-0.4, -0.2) is 18.4 Å². The van der Waals surface area contributed by atoms with E-state index < -0.39 is 0 Å². The van der Waals surface area contributed by atoms with Crippen molar-refractivity contribution in [1.29, 1.82) is 0 Å². The first-order chi connectivity index (χ1) is 8.08. The van der Waals surface area contributed by atoms with Gasteiger partial charge < -0.3 is 5.32 Å². The maximum atomic E-state index is 12.2. The number of carbonyl (C=O) groups excluding carboxylic acids is 1. The van der Waals surface area contributed by atoms with Crippen molar-refractivity contribution in [3.05, 3.63) is 34.4 Å². The fourth-order valence-electron chi connectivity index (χ4n) is 2.42. The summed E-state index contributed by atoms with van der Waals surface area (Å²) in [5.41, 5.74) is 4.37. The lowest BCUT2D eigenvalue weighted by atomic mass is 9.95. The number of benzene rings is 1. The molecule has 0 bridgehead atoms. The molecule has 17 heavy (non-hydrogen) atoms. The minimum atomic E-state index is 0.271. The summed E-state index contributed by atoms with van der Waals surface area (Å²) in [6, 6.07) is 4.87. The molecule has 0 unspecified atom stereocenters. The van der Waals surface area contributed by atoms with Crippen LogP contribution in [0.1, 0.15) is 46.3 Å². The third-order valence-corrected chi connectivity index (χ3v) is 3.32. The monoisotopic (exact) mass is 231 g/mol. The summed E-state index contributed by atoms with van der Waals surface area (Å²) in [7, 11) is 0. The zero-order chi connectivity index (χ0) is 12.4. The molecule has 1 fully saturated rings. The number of Topliss-reactive ketones (excluding diaryl/α,β-unsaturated/α-hetero) is 1. The molecule has 0 spiro atoms. The van der Waals surface area contributed by atoms with Gasteiger partial charge in [0.25, 0.3) is 0 Å². The van der Waals surface area contributed by atoms with Crippen LogP contribution in [0.15, 0.2) is 12.1 Å². The fraction of sp³-hybridized carbons (Fsp3) is 0.533. The molecule has 0 aliphatic heterocycles. The van der Waals surface area contributed by atoms with Crippen molar-refractivity contribution in [3.8, 4) is 0 Å². The SMILES string of the molecule is Cc1cc(C)c(C(=O)CCNC2CC2)c(C)c1. The van der Waals surface area contributed by atoms with Crippen molar-refractivity contribution in [1.82, 2.24) is 5.32 Å². The van der Waals surface area contributed by atoms with E-state index in [0.29, 0.717) is 12.5 Å².